The Kier molecular flexibility index (Phi) is 8.87. The third-order valence-electron chi connectivity index (χ3n) is 7.88. The Hall–Kier alpha value is -3.44. The van der Waals surface area contributed by atoms with Crippen molar-refractivity contribution in [3.05, 3.63) is 102 Å². The molecule has 2 fully saturated rings. The maximum Gasteiger partial charge on any atom is 0.232 e. The molecule has 5 rings (SSSR count). The smallest absolute Gasteiger partial charge is 0.232 e. The minimum atomic E-state index is -0.289. The number of amides is 2. The molecule has 0 spiro atoms. The van der Waals surface area contributed by atoms with E-state index in [1.165, 1.54) is 18.4 Å². The van der Waals surface area contributed by atoms with Gasteiger partial charge in [0.15, 0.2) is 0 Å². The molecule has 1 saturated carbocycles. The van der Waals surface area contributed by atoms with E-state index in [1.54, 1.807) is 0 Å². The van der Waals surface area contributed by atoms with Gasteiger partial charge in [0.1, 0.15) is 0 Å². The van der Waals surface area contributed by atoms with Crippen LogP contribution < -0.4 is 10.6 Å². The molecule has 2 aliphatic rings. The standard InChI is InChI=1S/C33H39N3O2/c37-31(23-25-15-16-25)35-30-14-7-13-29(24-30)26-17-21-36(22-18-26)20-8-19-34-33(38)32(27-9-3-1-4-10-27)28-11-5-2-6-12-28/h1-7,9-14,24-26,32H,8,15-23H2,(H,34,38)(H,35,37). The highest BCUT2D eigenvalue weighted by Gasteiger charge is 2.25. The summed E-state index contributed by atoms with van der Waals surface area (Å²) in [6.45, 7) is 3.80. The van der Waals surface area contributed by atoms with Crippen LogP contribution in [0.3, 0.4) is 0 Å². The lowest BCUT2D eigenvalue weighted by molar-refractivity contribution is -0.121. The fourth-order valence-electron chi connectivity index (χ4n) is 5.56. The van der Waals surface area contributed by atoms with Crippen LogP contribution in [-0.2, 0) is 9.59 Å². The van der Waals surface area contributed by atoms with E-state index < -0.39 is 0 Å². The molecule has 1 heterocycles. The van der Waals surface area contributed by atoms with Crippen molar-refractivity contribution in [2.75, 3.05) is 31.5 Å². The Balaban J connectivity index is 1.06. The maximum absolute atomic E-state index is 13.2. The summed E-state index contributed by atoms with van der Waals surface area (Å²) in [5, 5.41) is 6.28. The molecule has 2 amide bonds. The zero-order chi connectivity index (χ0) is 26.2. The first-order valence-corrected chi connectivity index (χ1v) is 14.2. The highest BCUT2D eigenvalue weighted by atomic mass is 16.2. The Morgan fingerprint density at radius 3 is 2.11 bits per heavy atom. The van der Waals surface area contributed by atoms with Gasteiger partial charge in [-0.05, 0) is 92.4 Å². The van der Waals surface area contributed by atoms with Crippen LogP contribution in [0.1, 0.15) is 67.1 Å². The van der Waals surface area contributed by atoms with Crippen molar-refractivity contribution in [3.8, 4) is 0 Å². The molecule has 198 valence electrons. The minimum absolute atomic E-state index is 0.0604. The number of rotatable bonds is 11. The second-order valence-corrected chi connectivity index (χ2v) is 10.8. The van der Waals surface area contributed by atoms with Gasteiger partial charge in [-0.25, -0.2) is 0 Å². The SMILES string of the molecule is O=C(CC1CC1)Nc1cccc(C2CCN(CCCNC(=O)C(c3ccccc3)c3ccccc3)CC2)c1. The summed E-state index contributed by atoms with van der Waals surface area (Å²) < 4.78 is 0. The molecule has 5 nitrogen and oxygen atoms in total. The van der Waals surface area contributed by atoms with Gasteiger partial charge in [-0.1, -0.05) is 72.8 Å². The molecular formula is C33H39N3O2. The molecule has 0 bridgehead atoms. The van der Waals surface area contributed by atoms with Gasteiger partial charge in [0.2, 0.25) is 11.8 Å². The molecule has 1 saturated heterocycles. The number of carbonyl (C=O) groups is 2. The van der Waals surface area contributed by atoms with E-state index >= 15 is 0 Å². The summed E-state index contributed by atoms with van der Waals surface area (Å²) >= 11 is 0. The van der Waals surface area contributed by atoms with E-state index in [1.807, 2.05) is 66.7 Å². The predicted octanol–water partition coefficient (Wildman–Crippen LogP) is 5.94. The number of hydrogen-bond donors (Lipinski definition) is 2. The summed E-state index contributed by atoms with van der Waals surface area (Å²) in [5.41, 5.74) is 4.29. The quantitative estimate of drug-likeness (QED) is 0.314. The molecular weight excluding hydrogens is 470 g/mol. The second-order valence-electron chi connectivity index (χ2n) is 10.8. The van der Waals surface area contributed by atoms with E-state index in [0.29, 0.717) is 24.8 Å². The number of nitrogens with one attached hydrogen (secondary N) is 2. The zero-order valence-electron chi connectivity index (χ0n) is 22.1. The normalized spacial score (nSPS) is 16.3. The van der Waals surface area contributed by atoms with Crippen molar-refractivity contribution in [1.29, 1.82) is 0 Å². The molecule has 3 aromatic carbocycles. The molecule has 0 unspecified atom stereocenters. The van der Waals surface area contributed by atoms with Crippen LogP contribution in [-0.4, -0.2) is 42.9 Å². The third kappa shape index (κ3) is 7.32. The van der Waals surface area contributed by atoms with E-state index in [4.69, 9.17) is 0 Å². The van der Waals surface area contributed by atoms with Gasteiger partial charge in [-0.2, -0.15) is 0 Å². The lowest BCUT2D eigenvalue weighted by atomic mass is 9.89. The first-order valence-electron chi connectivity index (χ1n) is 14.2. The Morgan fingerprint density at radius 1 is 0.816 bits per heavy atom. The van der Waals surface area contributed by atoms with Gasteiger partial charge in [-0.3, -0.25) is 9.59 Å². The lowest BCUT2D eigenvalue weighted by Gasteiger charge is -2.32. The van der Waals surface area contributed by atoms with Crippen LogP contribution in [0.15, 0.2) is 84.9 Å². The molecule has 0 aromatic heterocycles. The fourth-order valence-corrected chi connectivity index (χ4v) is 5.56. The van der Waals surface area contributed by atoms with E-state index in [-0.39, 0.29) is 17.7 Å². The average molecular weight is 510 g/mol. The van der Waals surface area contributed by atoms with Crippen LogP contribution >= 0.6 is 0 Å². The number of piperidine rings is 1. The Labute approximate surface area is 226 Å². The van der Waals surface area contributed by atoms with Crippen LogP contribution in [0.25, 0.3) is 0 Å². The van der Waals surface area contributed by atoms with Gasteiger partial charge in [0, 0.05) is 18.7 Å². The topological polar surface area (TPSA) is 61.4 Å². The third-order valence-corrected chi connectivity index (χ3v) is 7.88. The van der Waals surface area contributed by atoms with Crippen molar-refractivity contribution in [3.63, 3.8) is 0 Å². The highest BCUT2D eigenvalue weighted by molar-refractivity contribution is 5.91. The first-order chi connectivity index (χ1) is 18.7. The van der Waals surface area contributed by atoms with Crippen LogP contribution in [0, 0.1) is 5.92 Å². The van der Waals surface area contributed by atoms with Crippen LogP contribution in [0.4, 0.5) is 5.69 Å². The molecule has 1 aliphatic heterocycles. The van der Waals surface area contributed by atoms with Crippen molar-refractivity contribution >= 4 is 17.5 Å². The van der Waals surface area contributed by atoms with E-state index in [0.717, 1.165) is 55.7 Å². The monoisotopic (exact) mass is 509 g/mol. The van der Waals surface area contributed by atoms with Crippen molar-refractivity contribution < 1.29 is 9.59 Å². The van der Waals surface area contributed by atoms with Crippen LogP contribution in [0.2, 0.25) is 0 Å². The Bertz CT molecular complexity index is 1150. The first kappa shape index (κ1) is 26.2. The van der Waals surface area contributed by atoms with E-state index in [9.17, 15) is 9.59 Å². The highest BCUT2D eigenvalue weighted by Crippen LogP contribution is 2.33. The van der Waals surface area contributed by atoms with Crippen molar-refractivity contribution in [2.24, 2.45) is 5.92 Å². The average Bonchev–Trinajstić information content (AvgIpc) is 3.77. The van der Waals surface area contributed by atoms with Gasteiger partial charge in [-0.15, -0.1) is 0 Å². The van der Waals surface area contributed by atoms with Crippen molar-refractivity contribution in [2.45, 2.75) is 50.4 Å². The number of likely N-dealkylation sites (tertiary alicyclic amines) is 1. The van der Waals surface area contributed by atoms with E-state index in [2.05, 4.69) is 33.7 Å². The number of anilines is 1. The van der Waals surface area contributed by atoms with Gasteiger partial charge in [0.25, 0.3) is 0 Å². The summed E-state index contributed by atoms with van der Waals surface area (Å²) in [4.78, 5) is 27.9. The zero-order valence-corrected chi connectivity index (χ0v) is 22.1. The largest absolute Gasteiger partial charge is 0.355 e. The predicted molar refractivity (Wildman–Crippen MR) is 153 cm³/mol. The Morgan fingerprint density at radius 2 is 1.47 bits per heavy atom. The molecule has 0 atom stereocenters. The van der Waals surface area contributed by atoms with Crippen LogP contribution in [0.5, 0.6) is 0 Å². The second kappa shape index (κ2) is 12.9. The number of carbonyl (C=O) groups excluding carboxylic acids is 2. The molecule has 38 heavy (non-hydrogen) atoms. The molecule has 5 heteroatoms. The lowest BCUT2D eigenvalue weighted by Crippen LogP contribution is -2.36. The summed E-state index contributed by atoms with van der Waals surface area (Å²) in [6.07, 6.45) is 6.23. The summed E-state index contributed by atoms with van der Waals surface area (Å²) in [5.74, 6) is 1.05. The van der Waals surface area contributed by atoms with Gasteiger partial charge < -0.3 is 15.5 Å². The van der Waals surface area contributed by atoms with Gasteiger partial charge >= 0.3 is 0 Å². The van der Waals surface area contributed by atoms with Gasteiger partial charge in [0.05, 0.1) is 5.92 Å². The number of benzene rings is 3. The van der Waals surface area contributed by atoms with Crippen molar-refractivity contribution in [1.82, 2.24) is 10.2 Å². The fraction of sp³-hybridized carbons (Fsp3) is 0.394. The summed E-state index contributed by atoms with van der Waals surface area (Å²) in [7, 11) is 0. The maximum atomic E-state index is 13.2. The number of nitrogens with zero attached hydrogens (tertiary/aromatic N) is 1. The molecule has 3 aromatic rings. The molecule has 0 radical (unpaired) electrons. The molecule has 2 N–H and O–H groups in total. The number of hydrogen-bond acceptors (Lipinski definition) is 3. The molecule has 1 aliphatic carbocycles. The minimum Gasteiger partial charge on any atom is -0.355 e. The summed E-state index contributed by atoms with van der Waals surface area (Å²) in [6, 6.07) is 28.5.